The van der Waals surface area contributed by atoms with E-state index in [0.29, 0.717) is 11.5 Å². The van der Waals surface area contributed by atoms with E-state index in [1.54, 1.807) is 6.92 Å². The SMILES string of the molecule is CCCC(=O)N(C=O)OC(=O)COC1CC/C=C/CCC1. The molecule has 2 amide bonds. The van der Waals surface area contributed by atoms with Crippen LogP contribution in [0.4, 0.5) is 0 Å². The molecule has 0 saturated carbocycles. The first-order chi connectivity index (χ1) is 10.2. The molecule has 0 aromatic rings. The number of carbonyl (C=O) groups is 3. The quantitative estimate of drug-likeness (QED) is 0.426. The molecule has 0 radical (unpaired) electrons. The summed E-state index contributed by atoms with van der Waals surface area (Å²) in [5, 5.41) is 0.441. The third-order valence-corrected chi connectivity index (χ3v) is 3.16. The molecule has 1 aliphatic rings. The molecule has 0 aromatic carbocycles. The second-order valence-electron chi connectivity index (χ2n) is 4.95. The summed E-state index contributed by atoms with van der Waals surface area (Å²) in [6.45, 7) is 1.55. The molecule has 0 aliphatic heterocycles. The lowest BCUT2D eigenvalue weighted by atomic mass is 10.0. The van der Waals surface area contributed by atoms with Crippen molar-refractivity contribution < 1.29 is 24.0 Å². The van der Waals surface area contributed by atoms with Gasteiger partial charge in [-0.15, -0.1) is 5.06 Å². The van der Waals surface area contributed by atoms with E-state index in [9.17, 15) is 14.4 Å². The molecule has 6 heteroatoms. The van der Waals surface area contributed by atoms with Crippen molar-refractivity contribution in [3.05, 3.63) is 12.2 Å². The number of hydrogen-bond donors (Lipinski definition) is 0. The predicted molar refractivity (Wildman–Crippen MR) is 75.9 cm³/mol. The topological polar surface area (TPSA) is 72.9 Å². The van der Waals surface area contributed by atoms with Gasteiger partial charge in [0.15, 0.2) is 0 Å². The highest BCUT2D eigenvalue weighted by Gasteiger charge is 2.19. The molecule has 0 spiro atoms. The van der Waals surface area contributed by atoms with Crippen molar-refractivity contribution in [2.24, 2.45) is 0 Å². The van der Waals surface area contributed by atoms with Gasteiger partial charge in [-0.25, -0.2) is 4.79 Å². The largest absolute Gasteiger partial charge is 0.366 e. The maximum atomic E-state index is 11.6. The van der Waals surface area contributed by atoms with Crippen molar-refractivity contribution >= 4 is 18.3 Å². The second-order valence-corrected chi connectivity index (χ2v) is 4.95. The van der Waals surface area contributed by atoms with Gasteiger partial charge in [0, 0.05) is 6.42 Å². The molecule has 118 valence electrons. The summed E-state index contributed by atoms with van der Waals surface area (Å²) in [6.07, 6.45) is 9.94. The van der Waals surface area contributed by atoms with E-state index in [4.69, 9.17) is 9.57 Å². The van der Waals surface area contributed by atoms with Crippen molar-refractivity contribution in [2.75, 3.05) is 6.61 Å². The third kappa shape index (κ3) is 7.04. The van der Waals surface area contributed by atoms with Gasteiger partial charge in [-0.05, 0) is 38.5 Å². The van der Waals surface area contributed by atoms with E-state index < -0.39 is 11.9 Å². The molecule has 6 nitrogen and oxygen atoms in total. The van der Waals surface area contributed by atoms with E-state index in [1.807, 2.05) is 0 Å². The molecule has 0 N–H and O–H groups in total. The first kappa shape index (κ1) is 17.4. The van der Waals surface area contributed by atoms with Crippen LogP contribution in [0.25, 0.3) is 0 Å². The van der Waals surface area contributed by atoms with Gasteiger partial charge >= 0.3 is 5.97 Å². The number of nitrogens with zero attached hydrogens (tertiary/aromatic N) is 1. The molecule has 0 fully saturated rings. The maximum Gasteiger partial charge on any atom is 0.358 e. The normalized spacial score (nSPS) is 20.0. The summed E-state index contributed by atoms with van der Waals surface area (Å²) >= 11 is 0. The Morgan fingerprint density at radius 1 is 1.29 bits per heavy atom. The van der Waals surface area contributed by atoms with Gasteiger partial charge in [0.1, 0.15) is 6.61 Å². The maximum absolute atomic E-state index is 11.6. The van der Waals surface area contributed by atoms with Crippen molar-refractivity contribution in [3.8, 4) is 0 Å². The Morgan fingerprint density at radius 3 is 2.76 bits per heavy atom. The van der Waals surface area contributed by atoms with E-state index in [2.05, 4.69) is 12.2 Å². The molecule has 1 aliphatic carbocycles. The molecule has 1 rings (SSSR count). The van der Waals surface area contributed by atoms with Crippen LogP contribution < -0.4 is 0 Å². The highest BCUT2D eigenvalue weighted by Crippen LogP contribution is 2.15. The van der Waals surface area contributed by atoms with Gasteiger partial charge in [0.05, 0.1) is 6.10 Å². The minimum atomic E-state index is -0.732. The summed E-state index contributed by atoms with van der Waals surface area (Å²) < 4.78 is 5.50. The summed E-state index contributed by atoms with van der Waals surface area (Å²) in [5.74, 6) is -1.26. The number of imide groups is 1. The lowest BCUT2D eigenvalue weighted by Gasteiger charge is -2.19. The van der Waals surface area contributed by atoms with Crippen LogP contribution in [0, 0.1) is 0 Å². The smallest absolute Gasteiger partial charge is 0.358 e. The van der Waals surface area contributed by atoms with Crippen molar-refractivity contribution in [1.82, 2.24) is 5.06 Å². The minimum Gasteiger partial charge on any atom is -0.366 e. The lowest BCUT2D eigenvalue weighted by molar-refractivity contribution is -0.200. The molecule has 1 atom stereocenters. The Labute approximate surface area is 125 Å². The molecular formula is C15H23NO5. The van der Waals surface area contributed by atoms with Gasteiger partial charge in [0.2, 0.25) is 0 Å². The molecule has 1 unspecified atom stereocenters. The number of hydrogen-bond acceptors (Lipinski definition) is 5. The zero-order chi connectivity index (χ0) is 15.5. The van der Waals surface area contributed by atoms with Crippen LogP contribution >= 0.6 is 0 Å². The molecule has 0 aromatic heterocycles. The van der Waals surface area contributed by atoms with E-state index >= 15 is 0 Å². The number of rotatable bonds is 6. The van der Waals surface area contributed by atoms with Crippen LogP contribution in [-0.2, 0) is 24.0 Å². The Morgan fingerprint density at radius 2 is 2.05 bits per heavy atom. The van der Waals surface area contributed by atoms with Crippen molar-refractivity contribution in [2.45, 2.75) is 58.0 Å². The number of hydroxylamine groups is 2. The number of allylic oxidation sites excluding steroid dienone is 2. The Bertz CT molecular complexity index is 380. The Hall–Kier alpha value is -1.69. The van der Waals surface area contributed by atoms with Crippen molar-refractivity contribution in [3.63, 3.8) is 0 Å². The average Bonchev–Trinajstić information content (AvgIpc) is 2.43. The monoisotopic (exact) mass is 297 g/mol. The standard InChI is InChI=1S/C15H23NO5/c1-2-8-14(18)16(12-17)21-15(19)11-20-13-9-6-4-3-5-7-10-13/h3-4,12-13H,2,5-11H2,1H3/b4-3+. The van der Waals surface area contributed by atoms with Gasteiger partial charge < -0.3 is 9.57 Å². The first-order valence-electron chi connectivity index (χ1n) is 7.42. The van der Waals surface area contributed by atoms with Crippen LogP contribution in [0.2, 0.25) is 0 Å². The first-order valence-corrected chi connectivity index (χ1v) is 7.42. The third-order valence-electron chi connectivity index (χ3n) is 3.16. The fourth-order valence-electron chi connectivity index (χ4n) is 2.07. The Kier molecular flexibility index (Phi) is 8.35. The summed E-state index contributed by atoms with van der Waals surface area (Å²) in [4.78, 5) is 38.5. The summed E-state index contributed by atoms with van der Waals surface area (Å²) in [7, 11) is 0. The highest BCUT2D eigenvalue weighted by atomic mass is 16.7. The average molecular weight is 297 g/mol. The lowest BCUT2D eigenvalue weighted by Crippen LogP contribution is -2.34. The highest BCUT2D eigenvalue weighted by molar-refractivity contribution is 5.86. The zero-order valence-corrected chi connectivity index (χ0v) is 12.5. The molecule has 21 heavy (non-hydrogen) atoms. The number of amides is 2. The van der Waals surface area contributed by atoms with Gasteiger partial charge in [-0.1, -0.05) is 19.1 Å². The van der Waals surface area contributed by atoms with Crippen LogP contribution in [0.15, 0.2) is 12.2 Å². The summed E-state index contributed by atoms with van der Waals surface area (Å²) in [5.41, 5.74) is 0. The fourth-order valence-corrected chi connectivity index (χ4v) is 2.07. The van der Waals surface area contributed by atoms with Crippen LogP contribution in [0.1, 0.15) is 51.9 Å². The summed E-state index contributed by atoms with van der Waals surface area (Å²) in [6, 6.07) is 0. The number of ether oxygens (including phenoxy) is 1. The fraction of sp³-hybridized carbons (Fsp3) is 0.667. The molecule has 0 saturated heterocycles. The molecule has 0 heterocycles. The van der Waals surface area contributed by atoms with E-state index in [0.717, 1.165) is 32.1 Å². The van der Waals surface area contributed by atoms with Crippen LogP contribution in [0.5, 0.6) is 0 Å². The Balaban J connectivity index is 2.33. The second kappa shape index (κ2) is 10.1. The van der Waals surface area contributed by atoms with Crippen molar-refractivity contribution in [1.29, 1.82) is 0 Å². The molecular weight excluding hydrogens is 274 g/mol. The molecule has 0 bridgehead atoms. The van der Waals surface area contributed by atoms with Gasteiger partial charge in [-0.2, -0.15) is 0 Å². The zero-order valence-electron chi connectivity index (χ0n) is 12.5. The minimum absolute atomic E-state index is 0.0125. The van der Waals surface area contributed by atoms with Crippen LogP contribution in [-0.4, -0.2) is 36.1 Å². The number of carbonyl (C=O) groups excluding carboxylic acids is 3. The predicted octanol–water partition coefficient (Wildman–Crippen LogP) is 2.14. The van der Waals surface area contributed by atoms with Crippen LogP contribution in [0.3, 0.4) is 0 Å². The van der Waals surface area contributed by atoms with E-state index in [1.165, 1.54) is 0 Å². The van der Waals surface area contributed by atoms with Gasteiger partial charge in [-0.3, -0.25) is 9.59 Å². The van der Waals surface area contributed by atoms with E-state index in [-0.39, 0.29) is 25.5 Å². The van der Waals surface area contributed by atoms with Gasteiger partial charge in [0.25, 0.3) is 12.3 Å².